The van der Waals surface area contributed by atoms with Gasteiger partial charge in [0.15, 0.2) is 6.54 Å². The molecule has 0 saturated carbocycles. The number of amides is 1. The van der Waals surface area contributed by atoms with E-state index in [1.54, 1.807) is 11.8 Å². The third kappa shape index (κ3) is 5.23. The Morgan fingerprint density at radius 2 is 1.85 bits per heavy atom. The average molecular weight is 389 g/mol. The van der Waals surface area contributed by atoms with Crippen molar-refractivity contribution < 1.29 is 14.5 Å². The summed E-state index contributed by atoms with van der Waals surface area (Å²) in [4.78, 5) is 27.0. The van der Waals surface area contributed by atoms with Crippen molar-refractivity contribution in [3.05, 3.63) is 47.3 Å². The Bertz CT molecular complexity index is 827. The van der Waals surface area contributed by atoms with Gasteiger partial charge < -0.3 is 14.8 Å². The Kier molecular flexibility index (Phi) is 7.27. The number of hydrogen-bond donors (Lipinski definition) is 2. The maximum atomic E-state index is 12.7. The van der Waals surface area contributed by atoms with Gasteiger partial charge in [-0.05, 0) is 52.1 Å². The highest BCUT2D eigenvalue weighted by molar-refractivity contribution is 7.98. The lowest BCUT2D eigenvalue weighted by Crippen LogP contribution is -3.11. The van der Waals surface area contributed by atoms with Gasteiger partial charge in [-0.15, -0.1) is 11.8 Å². The molecule has 1 amide bonds. The summed E-state index contributed by atoms with van der Waals surface area (Å²) in [7, 11) is 1.87. The highest BCUT2D eigenvalue weighted by Crippen LogP contribution is 2.24. The molecule has 1 aromatic carbocycles. The SMILES string of the molecule is CSc1ccccc1NC(=O)C[NH+](C)CC(=O)c1cc(C)n(C(C)C)c1C. The second-order valence-electron chi connectivity index (χ2n) is 7.23. The number of carbonyl (C=O) groups excluding carboxylic acids is 2. The second kappa shape index (κ2) is 9.24. The number of Topliss-reactive ketones (excluding diaryl/α,β-unsaturated/α-hetero) is 1. The highest BCUT2D eigenvalue weighted by atomic mass is 32.2. The molecule has 1 aromatic heterocycles. The van der Waals surface area contributed by atoms with Crippen LogP contribution in [0, 0.1) is 13.8 Å². The lowest BCUT2D eigenvalue weighted by molar-refractivity contribution is -0.861. The Hall–Kier alpha value is -2.05. The Labute approximate surface area is 166 Å². The number of para-hydroxylation sites is 1. The maximum Gasteiger partial charge on any atom is 0.279 e. The van der Waals surface area contributed by atoms with Gasteiger partial charge in [0.1, 0.15) is 6.54 Å². The first-order chi connectivity index (χ1) is 12.7. The maximum absolute atomic E-state index is 12.7. The van der Waals surface area contributed by atoms with E-state index in [-0.39, 0.29) is 18.2 Å². The first-order valence-corrected chi connectivity index (χ1v) is 10.4. The molecule has 0 spiro atoms. The molecule has 2 rings (SSSR count). The number of anilines is 1. The zero-order valence-corrected chi connectivity index (χ0v) is 17.9. The summed E-state index contributed by atoms with van der Waals surface area (Å²) in [5, 5.41) is 2.95. The van der Waals surface area contributed by atoms with Crippen molar-refractivity contribution in [2.75, 3.05) is 31.7 Å². The van der Waals surface area contributed by atoms with Crippen molar-refractivity contribution >= 4 is 29.1 Å². The largest absolute Gasteiger partial charge is 0.346 e. The number of thioether (sulfide) groups is 1. The summed E-state index contributed by atoms with van der Waals surface area (Å²) in [5.74, 6) is -0.0146. The topological polar surface area (TPSA) is 55.5 Å². The van der Waals surface area contributed by atoms with Gasteiger partial charge in [0.25, 0.3) is 5.91 Å². The van der Waals surface area contributed by atoms with E-state index in [1.165, 1.54) is 0 Å². The third-order valence-corrected chi connectivity index (χ3v) is 5.40. The molecule has 0 radical (unpaired) electrons. The monoisotopic (exact) mass is 388 g/mol. The predicted molar refractivity (Wildman–Crippen MR) is 112 cm³/mol. The van der Waals surface area contributed by atoms with Gasteiger partial charge in [-0.25, -0.2) is 0 Å². The average Bonchev–Trinajstić information content (AvgIpc) is 2.89. The summed E-state index contributed by atoms with van der Waals surface area (Å²) in [5.41, 5.74) is 3.66. The minimum absolute atomic E-state index is 0.0739. The zero-order chi connectivity index (χ0) is 20.1. The lowest BCUT2D eigenvalue weighted by Gasteiger charge is -2.15. The van der Waals surface area contributed by atoms with Crippen molar-refractivity contribution in [2.45, 2.75) is 38.6 Å². The van der Waals surface area contributed by atoms with Crippen LogP contribution in [0.15, 0.2) is 35.2 Å². The molecule has 0 aliphatic carbocycles. The first-order valence-electron chi connectivity index (χ1n) is 9.20. The van der Waals surface area contributed by atoms with Gasteiger partial charge in [-0.1, -0.05) is 12.1 Å². The van der Waals surface area contributed by atoms with Crippen molar-refractivity contribution in [3.8, 4) is 0 Å². The van der Waals surface area contributed by atoms with Gasteiger partial charge >= 0.3 is 0 Å². The van der Waals surface area contributed by atoms with Crippen LogP contribution in [0.5, 0.6) is 0 Å². The zero-order valence-electron chi connectivity index (χ0n) is 17.1. The molecule has 0 aliphatic rings. The van der Waals surface area contributed by atoms with Crippen LogP contribution in [-0.2, 0) is 4.79 Å². The van der Waals surface area contributed by atoms with E-state index in [2.05, 4.69) is 23.7 Å². The molecule has 0 aliphatic heterocycles. The Morgan fingerprint density at radius 1 is 1.19 bits per heavy atom. The fourth-order valence-corrected chi connectivity index (χ4v) is 4.06. The minimum atomic E-state index is -0.0885. The number of aryl methyl sites for hydroxylation is 1. The van der Waals surface area contributed by atoms with E-state index in [0.29, 0.717) is 12.6 Å². The molecule has 6 heteroatoms. The van der Waals surface area contributed by atoms with E-state index in [9.17, 15) is 9.59 Å². The van der Waals surface area contributed by atoms with E-state index in [4.69, 9.17) is 0 Å². The molecule has 146 valence electrons. The van der Waals surface area contributed by atoms with Crippen LogP contribution in [-0.4, -0.2) is 42.7 Å². The molecule has 27 heavy (non-hydrogen) atoms. The smallest absolute Gasteiger partial charge is 0.279 e. The number of quaternary nitrogens is 1. The van der Waals surface area contributed by atoms with Crippen molar-refractivity contribution in [1.82, 2.24) is 4.57 Å². The molecule has 5 nitrogen and oxygen atoms in total. The van der Waals surface area contributed by atoms with Gasteiger partial charge in [-0.3, -0.25) is 9.59 Å². The van der Waals surface area contributed by atoms with E-state index >= 15 is 0 Å². The van der Waals surface area contributed by atoms with Crippen LogP contribution in [0.4, 0.5) is 5.69 Å². The molecule has 1 heterocycles. The van der Waals surface area contributed by atoms with Crippen molar-refractivity contribution in [3.63, 3.8) is 0 Å². The number of ketones is 1. The summed E-state index contributed by atoms with van der Waals surface area (Å²) < 4.78 is 2.18. The molecule has 2 aromatic rings. The van der Waals surface area contributed by atoms with Crippen LogP contribution in [0.2, 0.25) is 0 Å². The van der Waals surface area contributed by atoms with Gasteiger partial charge in [-0.2, -0.15) is 0 Å². The number of likely N-dealkylation sites (N-methyl/N-ethyl adjacent to an activating group) is 1. The van der Waals surface area contributed by atoms with E-state index in [0.717, 1.165) is 32.4 Å². The fraction of sp³-hybridized carbons (Fsp3) is 0.429. The van der Waals surface area contributed by atoms with Crippen molar-refractivity contribution in [2.24, 2.45) is 0 Å². The number of rotatable bonds is 8. The van der Waals surface area contributed by atoms with Crippen LogP contribution >= 0.6 is 11.8 Å². The minimum Gasteiger partial charge on any atom is -0.346 e. The summed E-state index contributed by atoms with van der Waals surface area (Å²) in [6.45, 7) is 8.78. The number of nitrogens with one attached hydrogen (secondary N) is 2. The van der Waals surface area contributed by atoms with Crippen LogP contribution in [0.3, 0.4) is 0 Å². The van der Waals surface area contributed by atoms with Crippen LogP contribution in [0.25, 0.3) is 0 Å². The molecule has 1 atom stereocenters. The summed E-state index contributed by atoms with van der Waals surface area (Å²) >= 11 is 1.59. The Balaban J connectivity index is 1.99. The molecule has 1 unspecified atom stereocenters. The van der Waals surface area contributed by atoms with E-state index < -0.39 is 0 Å². The van der Waals surface area contributed by atoms with Gasteiger partial charge in [0.05, 0.1) is 12.7 Å². The summed E-state index contributed by atoms with van der Waals surface area (Å²) in [6, 6.07) is 10.00. The number of hydrogen-bond acceptors (Lipinski definition) is 3. The van der Waals surface area contributed by atoms with Crippen LogP contribution in [0.1, 0.15) is 41.6 Å². The Morgan fingerprint density at radius 3 is 2.44 bits per heavy atom. The third-order valence-electron chi connectivity index (χ3n) is 4.61. The molecular formula is C21H30N3O2S+. The number of benzene rings is 1. The lowest BCUT2D eigenvalue weighted by atomic mass is 10.1. The van der Waals surface area contributed by atoms with Gasteiger partial charge in [0, 0.05) is 27.9 Å². The quantitative estimate of drug-likeness (QED) is 0.540. The second-order valence-corrected chi connectivity index (χ2v) is 8.08. The summed E-state index contributed by atoms with van der Waals surface area (Å²) in [6.07, 6.45) is 1.98. The molecule has 2 N–H and O–H groups in total. The molecular weight excluding hydrogens is 358 g/mol. The van der Waals surface area contributed by atoms with E-state index in [1.807, 2.05) is 57.5 Å². The predicted octanol–water partition coefficient (Wildman–Crippen LogP) is 2.74. The highest BCUT2D eigenvalue weighted by Gasteiger charge is 2.21. The first kappa shape index (κ1) is 21.3. The standard InChI is InChI=1S/C21H29N3O2S/c1-14(2)24-15(3)11-17(16(24)4)19(25)12-23(5)13-21(26)22-18-9-7-8-10-20(18)27-6/h7-11,14H,12-13H2,1-6H3,(H,22,26)/p+1. The molecule has 0 saturated heterocycles. The molecule has 0 bridgehead atoms. The number of carbonyl (C=O) groups is 2. The van der Waals surface area contributed by atoms with Crippen LogP contribution < -0.4 is 10.2 Å². The normalized spacial score (nSPS) is 12.3. The van der Waals surface area contributed by atoms with Gasteiger partial charge in [0.2, 0.25) is 5.78 Å². The molecule has 0 fully saturated rings. The van der Waals surface area contributed by atoms with Crippen molar-refractivity contribution in [1.29, 1.82) is 0 Å². The number of aromatic nitrogens is 1. The fourth-order valence-electron chi connectivity index (χ4n) is 3.50. The number of nitrogens with zero attached hydrogens (tertiary/aromatic N) is 1.